The summed E-state index contributed by atoms with van der Waals surface area (Å²) in [7, 11) is 1.75. The van der Waals surface area contributed by atoms with Gasteiger partial charge in [0, 0.05) is 32.2 Å². The van der Waals surface area contributed by atoms with Gasteiger partial charge in [0.1, 0.15) is 5.75 Å². The Labute approximate surface area is 122 Å². The second-order valence-corrected chi connectivity index (χ2v) is 6.15. The summed E-state index contributed by atoms with van der Waals surface area (Å²) in [5, 5.41) is 3.46. The topological polar surface area (TPSA) is 24.5 Å². The molecule has 2 aliphatic rings. The van der Waals surface area contributed by atoms with Gasteiger partial charge in [-0.2, -0.15) is 0 Å². The Kier molecular flexibility index (Phi) is 4.27. The molecule has 20 heavy (non-hydrogen) atoms. The molecule has 2 fully saturated rings. The Bertz CT molecular complexity index is 450. The molecule has 0 spiro atoms. The van der Waals surface area contributed by atoms with Gasteiger partial charge in [-0.3, -0.25) is 4.90 Å². The molecule has 1 aliphatic carbocycles. The van der Waals surface area contributed by atoms with E-state index in [0.29, 0.717) is 6.04 Å². The number of nitrogens with zero attached hydrogens (tertiary/aromatic N) is 1. The van der Waals surface area contributed by atoms with Crippen LogP contribution in [0.15, 0.2) is 18.2 Å². The number of piperazine rings is 1. The highest BCUT2D eigenvalue weighted by atomic mass is 16.5. The monoisotopic (exact) mass is 274 g/mol. The smallest absolute Gasteiger partial charge is 0.121 e. The zero-order valence-electron chi connectivity index (χ0n) is 12.7. The standard InChI is InChI=1S/C17H26N2O/c1-13-12-15(6-7-16(13)20-2)17(14-4-3-5-14)19-10-8-18-9-11-19/h6-7,12,14,17-18H,3-5,8-11H2,1-2H3/t17-/m0/s1. The summed E-state index contributed by atoms with van der Waals surface area (Å²) >= 11 is 0. The third-order valence-corrected chi connectivity index (χ3v) is 4.90. The Hall–Kier alpha value is -1.06. The van der Waals surface area contributed by atoms with Gasteiger partial charge in [-0.25, -0.2) is 0 Å². The van der Waals surface area contributed by atoms with Crippen LogP contribution in [0, 0.1) is 12.8 Å². The van der Waals surface area contributed by atoms with E-state index >= 15 is 0 Å². The van der Waals surface area contributed by atoms with Gasteiger partial charge in [0.05, 0.1) is 7.11 Å². The summed E-state index contributed by atoms with van der Waals surface area (Å²) in [6, 6.07) is 7.36. The minimum Gasteiger partial charge on any atom is -0.496 e. The predicted molar refractivity (Wildman–Crippen MR) is 82.3 cm³/mol. The van der Waals surface area contributed by atoms with Crippen molar-refractivity contribution < 1.29 is 4.74 Å². The maximum Gasteiger partial charge on any atom is 0.121 e. The first kappa shape index (κ1) is 13.9. The van der Waals surface area contributed by atoms with E-state index in [0.717, 1.165) is 24.8 Å². The van der Waals surface area contributed by atoms with Gasteiger partial charge < -0.3 is 10.1 Å². The number of hydrogen-bond acceptors (Lipinski definition) is 3. The molecular formula is C17H26N2O. The lowest BCUT2D eigenvalue weighted by molar-refractivity contribution is 0.0836. The Morgan fingerprint density at radius 3 is 2.55 bits per heavy atom. The third kappa shape index (κ3) is 2.70. The fourth-order valence-corrected chi connectivity index (χ4v) is 3.58. The lowest BCUT2D eigenvalue weighted by atomic mass is 9.76. The number of methoxy groups -OCH3 is 1. The first-order chi connectivity index (χ1) is 9.79. The SMILES string of the molecule is COc1ccc([C@H](C2CCC2)N2CCNCC2)cc1C. The summed E-state index contributed by atoms with van der Waals surface area (Å²) in [5.41, 5.74) is 2.74. The van der Waals surface area contributed by atoms with Gasteiger partial charge in [0.2, 0.25) is 0 Å². The minimum atomic E-state index is 0.607. The fraction of sp³-hybridized carbons (Fsp3) is 0.647. The van der Waals surface area contributed by atoms with Crippen LogP contribution in [0.3, 0.4) is 0 Å². The molecule has 1 aromatic rings. The van der Waals surface area contributed by atoms with Gasteiger partial charge in [-0.05, 0) is 42.9 Å². The summed E-state index contributed by atoms with van der Waals surface area (Å²) in [5.74, 6) is 1.85. The Morgan fingerprint density at radius 1 is 1.25 bits per heavy atom. The van der Waals surface area contributed by atoms with Crippen molar-refractivity contribution in [2.75, 3.05) is 33.3 Å². The van der Waals surface area contributed by atoms with Gasteiger partial charge in [0.15, 0.2) is 0 Å². The van der Waals surface area contributed by atoms with Crippen LogP contribution in [-0.2, 0) is 0 Å². The average molecular weight is 274 g/mol. The molecule has 3 nitrogen and oxygen atoms in total. The molecule has 3 heteroatoms. The summed E-state index contributed by atoms with van der Waals surface area (Å²) < 4.78 is 5.40. The third-order valence-electron chi connectivity index (χ3n) is 4.90. The highest BCUT2D eigenvalue weighted by molar-refractivity contribution is 5.37. The van der Waals surface area contributed by atoms with E-state index in [1.54, 1.807) is 7.11 Å². The van der Waals surface area contributed by atoms with Crippen LogP contribution in [0.5, 0.6) is 5.75 Å². The van der Waals surface area contributed by atoms with Crippen LogP contribution in [0.2, 0.25) is 0 Å². The second-order valence-electron chi connectivity index (χ2n) is 6.15. The van der Waals surface area contributed by atoms with Crippen LogP contribution in [0.1, 0.15) is 36.4 Å². The first-order valence-corrected chi connectivity index (χ1v) is 7.89. The maximum absolute atomic E-state index is 5.40. The molecule has 110 valence electrons. The molecule has 0 radical (unpaired) electrons. The number of benzene rings is 1. The van der Waals surface area contributed by atoms with Gasteiger partial charge in [-0.15, -0.1) is 0 Å². The molecule has 1 atom stereocenters. The van der Waals surface area contributed by atoms with Gasteiger partial charge in [-0.1, -0.05) is 18.6 Å². The van der Waals surface area contributed by atoms with Crippen LogP contribution in [0.25, 0.3) is 0 Å². The highest BCUT2D eigenvalue weighted by Crippen LogP contribution is 2.42. The number of aryl methyl sites for hydroxylation is 1. The minimum absolute atomic E-state index is 0.607. The number of ether oxygens (including phenoxy) is 1. The molecule has 0 bridgehead atoms. The van der Waals surface area contributed by atoms with Crippen molar-refractivity contribution in [3.63, 3.8) is 0 Å². The fourth-order valence-electron chi connectivity index (χ4n) is 3.58. The largest absolute Gasteiger partial charge is 0.496 e. The van der Waals surface area contributed by atoms with Crippen molar-refractivity contribution in [1.29, 1.82) is 0 Å². The van der Waals surface area contributed by atoms with Crippen LogP contribution in [0.4, 0.5) is 0 Å². The molecule has 0 unspecified atom stereocenters. The van der Waals surface area contributed by atoms with Crippen molar-refractivity contribution in [3.05, 3.63) is 29.3 Å². The van der Waals surface area contributed by atoms with Crippen molar-refractivity contribution in [2.24, 2.45) is 5.92 Å². The summed E-state index contributed by atoms with van der Waals surface area (Å²) in [6.07, 6.45) is 4.18. The molecule has 3 rings (SSSR count). The molecule has 1 N–H and O–H groups in total. The zero-order chi connectivity index (χ0) is 13.9. The summed E-state index contributed by atoms with van der Waals surface area (Å²) in [4.78, 5) is 2.68. The lowest BCUT2D eigenvalue weighted by Crippen LogP contribution is -2.47. The molecule has 0 amide bonds. The van der Waals surface area contributed by atoms with Crippen LogP contribution >= 0.6 is 0 Å². The first-order valence-electron chi connectivity index (χ1n) is 7.89. The predicted octanol–water partition coefficient (Wildman–Crippen LogP) is 2.75. The molecule has 0 aromatic heterocycles. The van der Waals surface area contributed by atoms with Crippen LogP contribution < -0.4 is 10.1 Å². The molecule has 1 saturated carbocycles. The number of rotatable bonds is 4. The Balaban J connectivity index is 1.85. The molecule has 1 heterocycles. The van der Waals surface area contributed by atoms with Gasteiger partial charge in [0.25, 0.3) is 0 Å². The van der Waals surface area contributed by atoms with Crippen LogP contribution in [-0.4, -0.2) is 38.2 Å². The molecule has 1 saturated heterocycles. The van der Waals surface area contributed by atoms with Crippen molar-refractivity contribution in [3.8, 4) is 5.75 Å². The van der Waals surface area contributed by atoms with E-state index in [9.17, 15) is 0 Å². The van der Waals surface area contributed by atoms with E-state index in [4.69, 9.17) is 4.74 Å². The summed E-state index contributed by atoms with van der Waals surface area (Å²) in [6.45, 7) is 6.74. The maximum atomic E-state index is 5.40. The average Bonchev–Trinajstić information content (AvgIpc) is 2.43. The highest BCUT2D eigenvalue weighted by Gasteiger charge is 2.33. The van der Waals surface area contributed by atoms with Gasteiger partial charge >= 0.3 is 0 Å². The van der Waals surface area contributed by atoms with E-state index in [-0.39, 0.29) is 0 Å². The number of nitrogens with one attached hydrogen (secondary N) is 1. The Morgan fingerprint density at radius 2 is 2.00 bits per heavy atom. The molecule has 1 aliphatic heterocycles. The van der Waals surface area contributed by atoms with Crippen molar-refractivity contribution >= 4 is 0 Å². The van der Waals surface area contributed by atoms with E-state index in [1.165, 1.54) is 43.5 Å². The van der Waals surface area contributed by atoms with Crippen molar-refractivity contribution in [2.45, 2.75) is 32.2 Å². The quantitative estimate of drug-likeness (QED) is 0.913. The molecular weight excluding hydrogens is 248 g/mol. The van der Waals surface area contributed by atoms with Crippen molar-refractivity contribution in [1.82, 2.24) is 10.2 Å². The normalized spacial score (nSPS) is 22.3. The molecule has 1 aromatic carbocycles. The van der Waals surface area contributed by atoms with E-state index in [2.05, 4.69) is 35.3 Å². The lowest BCUT2D eigenvalue weighted by Gasteiger charge is -2.43. The zero-order valence-corrected chi connectivity index (χ0v) is 12.7. The van der Waals surface area contributed by atoms with E-state index < -0.39 is 0 Å². The number of hydrogen-bond donors (Lipinski definition) is 1. The second kappa shape index (κ2) is 6.15. The van der Waals surface area contributed by atoms with E-state index in [1.807, 2.05) is 0 Å².